The van der Waals surface area contributed by atoms with E-state index < -0.39 is 0 Å². The van der Waals surface area contributed by atoms with E-state index in [4.69, 9.17) is 21.1 Å². The van der Waals surface area contributed by atoms with Gasteiger partial charge in [-0.25, -0.2) is 0 Å². The average Bonchev–Trinajstić information content (AvgIpc) is 3.21. The minimum absolute atomic E-state index is 0.0502. The van der Waals surface area contributed by atoms with Crippen molar-refractivity contribution in [3.63, 3.8) is 0 Å². The Balaban J connectivity index is 1.64. The first-order chi connectivity index (χ1) is 15.9. The van der Waals surface area contributed by atoms with Gasteiger partial charge in [0.1, 0.15) is 19.0 Å². The van der Waals surface area contributed by atoms with Crippen molar-refractivity contribution in [1.82, 2.24) is 9.80 Å². The molecule has 2 aromatic rings. The van der Waals surface area contributed by atoms with Crippen molar-refractivity contribution in [2.45, 2.75) is 13.3 Å². The number of anilines is 1. The first-order valence-electron chi connectivity index (χ1n) is 10.7. The van der Waals surface area contributed by atoms with E-state index >= 15 is 0 Å². The zero-order valence-electron chi connectivity index (χ0n) is 18.8. The Bertz CT molecular complexity index is 985. The van der Waals surface area contributed by atoms with Gasteiger partial charge in [0, 0.05) is 31.0 Å². The molecule has 176 valence electrons. The van der Waals surface area contributed by atoms with Crippen LogP contribution < -0.4 is 9.64 Å². The molecule has 3 rings (SSSR count). The van der Waals surface area contributed by atoms with Crippen molar-refractivity contribution in [3.05, 3.63) is 59.1 Å². The maximum absolute atomic E-state index is 13.0. The first-order valence-corrected chi connectivity index (χ1v) is 11.1. The summed E-state index contributed by atoms with van der Waals surface area (Å²) in [5.74, 6) is -0.238. The first kappa shape index (κ1) is 24.5. The summed E-state index contributed by atoms with van der Waals surface area (Å²) in [6.45, 7) is 2.37. The fourth-order valence-corrected chi connectivity index (χ4v) is 3.69. The number of ether oxygens (including phenoxy) is 2. The van der Waals surface area contributed by atoms with E-state index in [0.717, 1.165) is 5.56 Å². The summed E-state index contributed by atoms with van der Waals surface area (Å²) in [5.41, 5.74) is 1.45. The summed E-state index contributed by atoms with van der Waals surface area (Å²) in [7, 11) is 1.58. The maximum Gasteiger partial charge on any atom is 0.260 e. The molecule has 0 unspecified atom stereocenters. The molecule has 8 nitrogen and oxygen atoms in total. The Hall–Kier alpha value is -3.10. The number of carbonyl (C=O) groups is 3. The smallest absolute Gasteiger partial charge is 0.260 e. The van der Waals surface area contributed by atoms with Gasteiger partial charge >= 0.3 is 0 Å². The largest absolute Gasteiger partial charge is 0.484 e. The summed E-state index contributed by atoms with van der Waals surface area (Å²) < 4.78 is 10.6. The van der Waals surface area contributed by atoms with Crippen LogP contribution in [0.15, 0.2) is 48.5 Å². The summed E-state index contributed by atoms with van der Waals surface area (Å²) >= 11 is 6.19. The van der Waals surface area contributed by atoms with Crippen molar-refractivity contribution < 1.29 is 23.9 Å². The lowest BCUT2D eigenvalue weighted by molar-refractivity contribution is -0.141. The molecule has 3 amide bonds. The van der Waals surface area contributed by atoms with E-state index in [1.807, 2.05) is 25.1 Å². The third-order valence-electron chi connectivity index (χ3n) is 5.38. The molecule has 33 heavy (non-hydrogen) atoms. The van der Waals surface area contributed by atoms with Crippen molar-refractivity contribution >= 4 is 35.0 Å². The molecule has 1 aliphatic rings. The van der Waals surface area contributed by atoms with Gasteiger partial charge in [-0.05, 0) is 43.2 Å². The lowest BCUT2D eigenvalue weighted by Gasteiger charge is -2.25. The predicted molar refractivity (Wildman–Crippen MR) is 125 cm³/mol. The van der Waals surface area contributed by atoms with Crippen LogP contribution in [0.1, 0.15) is 12.0 Å². The van der Waals surface area contributed by atoms with Crippen molar-refractivity contribution in [3.8, 4) is 5.75 Å². The highest BCUT2D eigenvalue weighted by molar-refractivity contribution is 6.31. The molecule has 1 saturated heterocycles. The van der Waals surface area contributed by atoms with Gasteiger partial charge in [0.25, 0.3) is 5.91 Å². The van der Waals surface area contributed by atoms with Crippen LogP contribution in [0.25, 0.3) is 0 Å². The highest BCUT2D eigenvalue weighted by Gasteiger charge is 2.33. The number of para-hydroxylation sites is 1. The number of benzene rings is 2. The normalized spacial score (nSPS) is 13.4. The van der Waals surface area contributed by atoms with Gasteiger partial charge in [0.05, 0.1) is 6.54 Å². The highest BCUT2D eigenvalue weighted by atomic mass is 35.5. The molecule has 0 saturated carbocycles. The Kier molecular flexibility index (Phi) is 8.68. The number of amides is 3. The van der Waals surface area contributed by atoms with E-state index in [-0.39, 0.29) is 44.1 Å². The molecular weight excluding hydrogens is 446 g/mol. The Morgan fingerprint density at radius 3 is 2.61 bits per heavy atom. The van der Waals surface area contributed by atoms with Crippen molar-refractivity contribution in [2.75, 3.05) is 51.5 Å². The SMILES string of the molecule is COCCCN(CC(=O)N1CC(=O)N(c2cccc(Cl)c2C)C1)C(=O)COc1ccccc1. The second kappa shape index (κ2) is 11.7. The molecule has 2 aromatic carbocycles. The second-order valence-corrected chi connectivity index (χ2v) is 8.11. The van der Waals surface area contributed by atoms with Crippen molar-refractivity contribution in [1.29, 1.82) is 0 Å². The maximum atomic E-state index is 13.0. The van der Waals surface area contributed by atoms with Gasteiger partial charge in [-0.1, -0.05) is 35.9 Å². The zero-order valence-corrected chi connectivity index (χ0v) is 19.6. The summed E-state index contributed by atoms with van der Waals surface area (Å²) in [5, 5.41) is 0.554. The molecule has 1 aliphatic heterocycles. The molecule has 0 spiro atoms. The molecule has 0 aliphatic carbocycles. The van der Waals surface area contributed by atoms with Crippen LogP contribution in [-0.2, 0) is 19.1 Å². The van der Waals surface area contributed by atoms with E-state index in [9.17, 15) is 14.4 Å². The number of hydrogen-bond donors (Lipinski definition) is 0. The number of methoxy groups -OCH3 is 1. The lowest BCUT2D eigenvalue weighted by Crippen LogP contribution is -2.44. The second-order valence-electron chi connectivity index (χ2n) is 7.70. The molecule has 0 bridgehead atoms. The summed E-state index contributed by atoms with van der Waals surface area (Å²) in [6, 6.07) is 14.3. The quantitative estimate of drug-likeness (QED) is 0.496. The topological polar surface area (TPSA) is 79.4 Å². The van der Waals surface area contributed by atoms with Crippen LogP contribution >= 0.6 is 11.6 Å². The minimum atomic E-state index is -0.309. The van der Waals surface area contributed by atoms with E-state index in [1.165, 1.54) is 14.7 Å². The Morgan fingerprint density at radius 2 is 1.88 bits per heavy atom. The standard InChI is InChI=1S/C24H28ClN3O5/c1-18-20(25)10-6-11-21(18)28-17-27(15-23(28)30)22(29)14-26(12-7-13-32-2)24(31)16-33-19-8-4-3-5-9-19/h3-6,8-11H,7,12-17H2,1-2H3. The average molecular weight is 474 g/mol. The number of rotatable bonds is 10. The Morgan fingerprint density at radius 1 is 1.12 bits per heavy atom. The fraction of sp³-hybridized carbons (Fsp3) is 0.375. The van der Waals surface area contributed by atoms with Gasteiger partial charge < -0.3 is 19.3 Å². The summed E-state index contributed by atoms with van der Waals surface area (Å²) in [6.07, 6.45) is 0.577. The molecule has 0 N–H and O–H groups in total. The van der Waals surface area contributed by atoms with Gasteiger partial charge in [0.15, 0.2) is 6.61 Å². The van der Waals surface area contributed by atoms with Gasteiger partial charge in [-0.15, -0.1) is 0 Å². The van der Waals surface area contributed by atoms with Crippen LogP contribution in [0.4, 0.5) is 5.69 Å². The van der Waals surface area contributed by atoms with Crippen LogP contribution in [0.2, 0.25) is 5.02 Å². The third-order valence-corrected chi connectivity index (χ3v) is 5.79. The van der Waals surface area contributed by atoms with E-state index in [2.05, 4.69) is 0 Å². The van der Waals surface area contributed by atoms with Gasteiger partial charge in [-0.2, -0.15) is 0 Å². The molecule has 1 fully saturated rings. The third kappa shape index (κ3) is 6.46. The van der Waals surface area contributed by atoms with E-state index in [1.54, 1.807) is 37.4 Å². The van der Waals surface area contributed by atoms with Crippen LogP contribution in [0, 0.1) is 6.92 Å². The molecule has 1 heterocycles. The molecule has 0 aromatic heterocycles. The van der Waals surface area contributed by atoms with Crippen LogP contribution in [-0.4, -0.2) is 74.1 Å². The fourth-order valence-electron chi connectivity index (χ4n) is 3.52. The molecule has 0 radical (unpaired) electrons. The van der Waals surface area contributed by atoms with Crippen molar-refractivity contribution in [2.24, 2.45) is 0 Å². The predicted octanol–water partition coefficient (Wildman–Crippen LogP) is 2.73. The monoisotopic (exact) mass is 473 g/mol. The number of carbonyl (C=O) groups excluding carboxylic acids is 3. The summed E-state index contributed by atoms with van der Waals surface area (Å²) in [4.78, 5) is 42.8. The zero-order chi connectivity index (χ0) is 23.8. The molecular formula is C24H28ClN3O5. The van der Waals surface area contributed by atoms with Crippen LogP contribution in [0.5, 0.6) is 5.75 Å². The highest BCUT2D eigenvalue weighted by Crippen LogP contribution is 2.28. The van der Waals surface area contributed by atoms with Gasteiger partial charge in [-0.3, -0.25) is 19.3 Å². The van der Waals surface area contributed by atoms with Crippen LogP contribution in [0.3, 0.4) is 0 Å². The number of nitrogens with zero attached hydrogens (tertiary/aromatic N) is 3. The van der Waals surface area contributed by atoms with E-state index in [0.29, 0.717) is 36.0 Å². The van der Waals surface area contributed by atoms with Gasteiger partial charge in [0.2, 0.25) is 11.8 Å². The minimum Gasteiger partial charge on any atom is -0.484 e. The number of hydrogen-bond acceptors (Lipinski definition) is 5. The number of halogens is 1. The molecule has 0 atom stereocenters. The molecule has 9 heteroatoms. The lowest BCUT2D eigenvalue weighted by atomic mass is 10.2. The Labute approximate surface area is 198 Å².